The van der Waals surface area contributed by atoms with Crippen molar-refractivity contribution in [3.63, 3.8) is 0 Å². The van der Waals surface area contributed by atoms with Gasteiger partial charge in [0.2, 0.25) is 0 Å². The highest BCUT2D eigenvalue weighted by atomic mass is 15.3. The van der Waals surface area contributed by atoms with Crippen LogP contribution in [0.1, 0.15) is 31.5 Å². The highest BCUT2D eigenvalue weighted by molar-refractivity contribution is 5.11. The Labute approximate surface area is 74.6 Å². The van der Waals surface area contributed by atoms with Crippen LogP contribution in [0.25, 0.3) is 0 Å². The van der Waals surface area contributed by atoms with E-state index in [1.807, 2.05) is 11.6 Å². The highest BCUT2D eigenvalue weighted by Gasteiger charge is 2.02. The largest absolute Gasteiger partial charge is 0.269 e. The van der Waals surface area contributed by atoms with Gasteiger partial charge in [-0.25, -0.2) is 0 Å². The Kier molecular flexibility index (Phi) is 2.90. The van der Waals surface area contributed by atoms with Crippen molar-refractivity contribution in [2.75, 3.05) is 0 Å². The first-order chi connectivity index (χ1) is 5.61. The van der Waals surface area contributed by atoms with Gasteiger partial charge in [-0.2, -0.15) is 5.10 Å². The van der Waals surface area contributed by atoms with E-state index in [-0.39, 0.29) is 0 Å². The van der Waals surface area contributed by atoms with Gasteiger partial charge in [-0.1, -0.05) is 13.8 Å². The van der Waals surface area contributed by atoms with Crippen LogP contribution in [0.5, 0.6) is 0 Å². The standard InChI is InChI=1S/C10H17N2/c1-8(2)5-6-12-10(4)9(3)7-11-12/h8H,5-6H2,1-4H3. The number of nitrogens with zero attached hydrogens (tertiary/aromatic N) is 2. The predicted molar refractivity (Wildman–Crippen MR) is 50.0 cm³/mol. The van der Waals surface area contributed by atoms with Gasteiger partial charge in [0.15, 0.2) is 0 Å². The molecule has 0 N–H and O–H groups in total. The maximum atomic E-state index is 4.18. The fourth-order valence-electron chi connectivity index (χ4n) is 1.08. The number of hydrogen-bond donors (Lipinski definition) is 0. The lowest BCUT2D eigenvalue weighted by Gasteiger charge is -2.06. The minimum absolute atomic E-state index is 0.744. The first-order valence-electron chi connectivity index (χ1n) is 4.53. The molecule has 0 amide bonds. The van der Waals surface area contributed by atoms with E-state index in [1.165, 1.54) is 17.7 Å². The fraction of sp³-hybridized carbons (Fsp3) is 0.700. The molecule has 2 nitrogen and oxygen atoms in total. The SMILES string of the molecule is Cc1[c]nn(CCC(C)C)c1C. The van der Waals surface area contributed by atoms with Crippen molar-refractivity contribution in [3.05, 3.63) is 17.5 Å². The van der Waals surface area contributed by atoms with E-state index in [2.05, 4.69) is 32.1 Å². The molecule has 0 saturated heterocycles. The second-order valence-corrected chi connectivity index (χ2v) is 3.73. The fourth-order valence-corrected chi connectivity index (χ4v) is 1.08. The molecule has 0 aliphatic carbocycles. The van der Waals surface area contributed by atoms with E-state index in [0.717, 1.165) is 12.5 Å². The summed E-state index contributed by atoms with van der Waals surface area (Å²) < 4.78 is 2.04. The van der Waals surface area contributed by atoms with Gasteiger partial charge in [-0.15, -0.1) is 0 Å². The molecule has 1 rings (SSSR count). The minimum atomic E-state index is 0.744. The molecule has 0 aliphatic heterocycles. The quantitative estimate of drug-likeness (QED) is 0.672. The predicted octanol–water partition coefficient (Wildman–Crippen LogP) is 2.35. The van der Waals surface area contributed by atoms with Crippen LogP contribution in [0.2, 0.25) is 0 Å². The third kappa shape index (κ3) is 2.10. The van der Waals surface area contributed by atoms with Crippen molar-refractivity contribution in [2.45, 2.75) is 40.7 Å². The normalized spacial score (nSPS) is 11.1. The van der Waals surface area contributed by atoms with Crippen LogP contribution in [0.4, 0.5) is 0 Å². The van der Waals surface area contributed by atoms with Crippen LogP contribution < -0.4 is 0 Å². The van der Waals surface area contributed by atoms with Crippen molar-refractivity contribution in [3.8, 4) is 0 Å². The molecule has 0 aromatic carbocycles. The Balaban J connectivity index is 2.58. The average molecular weight is 165 g/mol. The summed E-state index contributed by atoms with van der Waals surface area (Å²) in [6.45, 7) is 9.63. The summed E-state index contributed by atoms with van der Waals surface area (Å²) in [6, 6.07) is 0. The lowest BCUT2D eigenvalue weighted by atomic mass is 10.1. The van der Waals surface area contributed by atoms with Crippen LogP contribution in [0, 0.1) is 26.0 Å². The average Bonchev–Trinajstić information content (AvgIpc) is 2.30. The lowest BCUT2D eigenvalue weighted by Crippen LogP contribution is -2.04. The maximum Gasteiger partial charge on any atom is 0.116 e. The van der Waals surface area contributed by atoms with Gasteiger partial charge in [0.05, 0.1) is 0 Å². The second-order valence-electron chi connectivity index (χ2n) is 3.73. The topological polar surface area (TPSA) is 17.8 Å². The Morgan fingerprint density at radius 1 is 1.42 bits per heavy atom. The van der Waals surface area contributed by atoms with Gasteiger partial charge < -0.3 is 0 Å². The molecule has 12 heavy (non-hydrogen) atoms. The number of rotatable bonds is 3. The molecule has 2 heteroatoms. The van der Waals surface area contributed by atoms with E-state index in [9.17, 15) is 0 Å². The summed E-state index contributed by atoms with van der Waals surface area (Å²) >= 11 is 0. The zero-order valence-electron chi connectivity index (χ0n) is 8.39. The Hall–Kier alpha value is -0.790. The first-order valence-corrected chi connectivity index (χ1v) is 4.53. The molecular formula is C10H17N2. The summed E-state index contributed by atoms with van der Waals surface area (Å²) in [5.41, 5.74) is 2.41. The Morgan fingerprint density at radius 3 is 2.50 bits per heavy atom. The van der Waals surface area contributed by atoms with Crippen molar-refractivity contribution in [1.82, 2.24) is 9.78 Å². The summed E-state index contributed by atoms with van der Waals surface area (Å²) in [5.74, 6) is 0.744. The van der Waals surface area contributed by atoms with Crippen molar-refractivity contribution < 1.29 is 0 Å². The lowest BCUT2D eigenvalue weighted by molar-refractivity contribution is 0.480. The van der Waals surface area contributed by atoms with Crippen molar-refractivity contribution in [1.29, 1.82) is 0 Å². The molecular weight excluding hydrogens is 148 g/mol. The zero-order valence-corrected chi connectivity index (χ0v) is 8.39. The molecule has 0 spiro atoms. The Bertz CT molecular complexity index is 248. The first kappa shape index (κ1) is 9.30. The maximum absolute atomic E-state index is 4.18. The van der Waals surface area contributed by atoms with Gasteiger partial charge >= 0.3 is 0 Å². The molecule has 67 valence electrons. The second kappa shape index (κ2) is 3.74. The Morgan fingerprint density at radius 2 is 2.08 bits per heavy atom. The minimum Gasteiger partial charge on any atom is -0.269 e. The van der Waals surface area contributed by atoms with Crippen LogP contribution in [-0.2, 0) is 6.54 Å². The molecule has 0 unspecified atom stereocenters. The van der Waals surface area contributed by atoms with Gasteiger partial charge in [0.25, 0.3) is 0 Å². The third-order valence-corrected chi connectivity index (χ3v) is 2.19. The van der Waals surface area contributed by atoms with Crippen LogP contribution in [-0.4, -0.2) is 9.78 Å². The smallest absolute Gasteiger partial charge is 0.116 e. The monoisotopic (exact) mass is 165 g/mol. The van der Waals surface area contributed by atoms with Crippen molar-refractivity contribution >= 4 is 0 Å². The van der Waals surface area contributed by atoms with Gasteiger partial charge in [0.1, 0.15) is 6.20 Å². The van der Waals surface area contributed by atoms with Gasteiger partial charge in [0, 0.05) is 12.2 Å². The summed E-state index contributed by atoms with van der Waals surface area (Å²) in [6.07, 6.45) is 4.16. The van der Waals surface area contributed by atoms with Crippen LogP contribution >= 0.6 is 0 Å². The third-order valence-electron chi connectivity index (χ3n) is 2.19. The molecule has 1 aromatic rings. The summed E-state index contributed by atoms with van der Waals surface area (Å²) in [7, 11) is 0. The summed E-state index contributed by atoms with van der Waals surface area (Å²) in [5, 5.41) is 4.18. The number of aryl methyl sites for hydroxylation is 2. The number of aromatic nitrogens is 2. The van der Waals surface area contributed by atoms with E-state index >= 15 is 0 Å². The van der Waals surface area contributed by atoms with E-state index in [1.54, 1.807) is 0 Å². The van der Waals surface area contributed by atoms with E-state index in [0.29, 0.717) is 0 Å². The number of hydrogen-bond acceptors (Lipinski definition) is 1. The molecule has 1 aromatic heterocycles. The molecule has 1 heterocycles. The van der Waals surface area contributed by atoms with Crippen LogP contribution in [0.3, 0.4) is 0 Å². The summed E-state index contributed by atoms with van der Waals surface area (Å²) in [4.78, 5) is 0. The van der Waals surface area contributed by atoms with E-state index < -0.39 is 0 Å². The van der Waals surface area contributed by atoms with Gasteiger partial charge in [-0.3, -0.25) is 4.68 Å². The van der Waals surface area contributed by atoms with E-state index in [4.69, 9.17) is 0 Å². The molecule has 0 atom stereocenters. The van der Waals surface area contributed by atoms with Crippen LogP contribution in [0.15, 0.2) is 0 Å². The molecule has 0 fully saturated rings. The highest BCUT2D eigenvalue weighted by Crippen LogP contribution is 2.07. The molecule has 0 saturated carbocycles. The van der Waals surface area contributed by atoms with Gasteiger partial charge in [-0.05, 0) is 31.7 Å². The molecule has 0 aliphatic rings. The molecule has 1 radical (unpaired) electrons. The van der Waals surface area contributed by atoms with Crippen molar-refractivity contribution in [2.24, 2.45) is 5.92 Å². The molecule has 0 bridgehead atoms. The zero-order chi connectivity index (χ0) is 9.14.